The third-order valence-electron chi connectivity index (χ3n) is 7.14. The van der Waals surface area contributed by atoms with Gasteiger partial charge in [-0.15, -0.1) is 0 Å². The van der Waals surface area contributed by atoms with E-state index in [1.165, 1.54) is 51.4 Å². The quantitative estimate of drug-likeness (QED) is 0.461. The minimum absolute atomic E-state index is 0.503. The number of rotatable bonds is 7. The van der Waals surface area contributed by atoms with Crippen molar-refractivity contribution in [3.8, 4) is 0 Å². The van der Waals surface area contributed by atoms with Crippen molar-refractivity contribution < 1.29 is 0 Å². The molecule has 0 aromatic carbocycles. The Morgan fingerprint density at radius 3 is 1.60 bits per heavy atom. The van der Waals surface area contributed by atoms with Crippen molar-refractivity contribution in [1.82, 2.24) is 0 Å². The molecule has 20 heavy (non-hydrogen) atoms. The van der Waals surface area contributed by atoms with E-state index in [9.17, 15) is 0 Å². The topological polar surface area (TPSA) is 0 Å². The van der Waals surface area contributed by atoms with Gasteiger partial charge in [0.15, 0.2) is 0 Å². The summed E-state index contributed by atoms with van der Waals surface area (Å²) in [6, 6.07) is 0. The van der Waals surface area contributed by atoms with Crippen LogP contribution in [0.3, 0.4) is 0 Å². The van der Waals surface area contributed by atoms with Gasteiger partial charge in [0.25, 0.3) is 0 Å². The molecule has 0 aromatic rings. The molecule has 0 heterocycles. The second kappa shape index (κ2) is 6.01. The van der Waals surface area contributed by atoms with Crippen LogP contribution in [0.1, 0.15) is 107 Å². The van der Waals surface area contributed by atoms with E-state index in [1.54, 1.807) is 0 Å². The summed E-state index contributed by atoms with van der Waals surface area (Å²) in [7, 11) is 0. The van der Waals surface area contributed by atoms with Crippen LogP contribution in [-0.2, 0) is 0 Å². The predicted molar refractivity (Wildman–Crippen MR) is 92.1 cm³/mol. The lowest BCUT2D eigenvalue weighted by atomic mass is 9.65. The first-order valence-corrected chi connectivity index (χ1v) is 9.11. The maximum Gasteiger partial charge on any atom is -0.0269 e. The van der Waals surface area contributed by atoms with Crippen LogP contribution < -0.4 is 0 Å². The van der Waals surface area contributed by atoms with Gasteiger partial charge in [-0.05, 0) is 47.3 Å². The average Bonchev–Trinajstić information content (AvgIpc) is 2.58. The zero-order valence-electron chi connectivity index (χ0n) is 15.7. The zero-order chi connectivity index (χ0) is 15.7. The second-order valence-corrected chi connectivity index (χ2v) is 9.13. The zero-order valence-corrected chi connectivity index (χ0v) is 15.7. The van der Waals surface area contributed by atoms with Gasteiger partial charge in [-0.2, -0.15) is 0 Å². The summed E-state index contributed by atoms with van der Waals surface area (Å²) in [6.45, 7) is 19.7. The Hall–Kier alpha value is 0. The molecule has 0 saturated heterocycles. The Kier molecular flexibility index (Phi) is 5.43. The molecular formula is C20H40. The molecular weight excluding hydrogens is 240 g/mol. The highest BCUT2D eigenvalue weighted by atomic mass is 14.6. The van der Waals surface area contributed by atoms with Crippen LogP contribution in [0.4, 0.5) is 0 Å². The molecule has 1 aliphatic rings. The Morgan fingerprint density at radius 2 is 1.30 bits per heavy atom. The Bertz CT molecular complexity index is 296. The summed E-state index contributed by atoms with van der Waals surface area (Å²) in [6.07, 6.45) is 11.1. The highest BCUT2D eigenvalue weighted by molar-refractivity contribution is 5.07. The number of hydrogen-bond donors (Lipinski definition) is 0. The van der Waals surface area contributed by atoms with Crippen molar-refractivity contribution in [2.45, 2.75) is 107 Å². The first-order chi connectivity index (χ1) is 9.11. The molecule has 1 saturated carbocycles. The number of hydrogen-bond acceptors (Lipinski definition) is 0. The lowest BCUT2D eigenvalue weighted by Gasteiger charge is -2.40. The molecule has 0 heteroatoms. The molecule has 1 fully saturated rings. The molecule has 2 atom stereocenters. The SMILES string of the molecule is CCCC1(CC(C)(C)CC)CC(C)(CC)C(C)(CC)C1. The van der Waals surface area contributed by atoms with Crippen LogP contribution in [-0.4, -0.2) is 0 Å². The van der Waals surface area contributed by atoms with E-state index >= 15 is 0 Å². The third-order valence-corrected chi connectivity index (χ3v) is 7.14. The monoisotopic (exact) mass is 280 g/mol. The standard InChI is InChI=1S/C20H40/c1-9-13-20(14-17(5,6)10-2)15-18(7,11-3)19(8,12-4)16-20/h9-16H2,1-8H3. The minimum Gasteiger partial charge on any atom is -0.0654 e. The lowest BCUT2D eigenvalue weighted by Crippen LogP contribution is -2.30. The summed E-state index contributed by atoms with van der Waals surface area (Å²) in [4.78, 5) is 0. The molecule has 1 aliphatic carbocycles. The summed E-state index contributed by atoms with van der Waals surface area (Å²) in [5, 5.41) is 0. The summed E-state index contributed by atoms with van der Waals surface area (Å²) in [5.74, 6) is 0. The molecule has 0 radical (unpaired) electrons. The van der Waals surface area contributed by atoms with Crippen molar-refractivity contribution >= 4 is 0 Å². The van der Waals surface area contributed by atoms with E-state index < -0.39 is 0 Å². The maximum atomic E-state index is 2.58. The van der Waals surface area contributed by atoms with Crippen LogP contribution in [0.5, 0.6) is 0 Å². The van der Waals surface area contributed by atoms with Crippen molar-refractivity contribution in [2.75, 3.05) is 0 Å². The Morgan fingerprint density at radius 1 is 0.850 bits per heavy atom. The molecule has 0 aliphatic heterocycles. The normalized spacial score (nSPS) is 38.4. The van der Waals surface area contributed by atoms with Crippen LogP contribution >= 0.6 is 0 Å². The largest absolute Gasteiger partial charge is 0.0654 e. The fourth-order valence-electron chi connectivity index (χ4n) is 5.31. The van der Waals surface area contributed by atoms with Crippen LogP contribution in [0.25, 0.3) is 0 Å². The van der Waals surface area contributed by atoms with Gasteiger partial charge in [0, 0.05) is 0 Å². The molecule has 0 nitrogen and oxygen atoms in total. The highest BCUT2D eigenvalue weighted by Gasteiger charge is 2.56. The fourth-order valence-corrected chi connectivity index (χ4v) is 5.31. The van der Waals surface area contributed by atoms with E-state index in [1.807, 2.05) is 0 Å². The molecule has 0 amide bonds. The van der Waals surface area contributed by atoms with Crippen molar-refractivity contribution in [2.24, 2.45) is 21.7 Å². The van der Waals surface area contributed by atoms with Gasteiger partial charge in [0.2, 0.25) is 0 Å². The summed E-state index contributed by atoms with van der Waals surface area (Å²) in [5.41, 5.74) is 2.19. The van der Waals surface area contributed by atoms with Gasteiger partial charge in [-0.3, -0.25) is 0 Å². The van der Waals surface area contributed by atoms with E-state index in [0.717, 1.165) is 0 Å². The second-order valence-electron chi connectivity index (χ2n) is 9.13. The summed E-state index contributed by atoms with van der Waals surface area (Å²) < 4.78 is 0. The molecule has 0 aromatic heterocycles. The van der Waals surface area contributed by atoms with Crippen LogP contribution in [0, 0.1) is 21.7 Å². The van der Waals surface area contributed by atoms with Crippen molar-refractivity contribution in [3.05, 3.63) is 0 Å². The van der Waals surface area contributed by atoms with Crippen LogP contribution in [0.15, 0.2) is 0 Å². The Labute approximate surface area is 129 Å². The Balaban J connectivity index is 3.11. The van der Waals surface area contributed by atoms with Gasteiger partial charge in [-0.25, -0.2) is 0 Å². The molecule has 0 bridgehead atoms. The summed E-state index contributed by atoms with van der Waals surface area (Å²) >= 11 is 0. The molecule has 0 spiro atoms. The first-order valence-electron chi connectivity index (χ1n) is 9.11. The van der Waals surface area contributed by atoms with Crippen molar-refractivity contribution in [3.63, 3.8) is 0 Å². The van der Waals surface area contributed by atoms with Crippen molar-refractivity contribution in [1.29, 1.82) is 0 Å². The van der Waals surface area contributed by atoms with E-state index in [4.69, 9.17) is 0 Å². The van der Waals surface area contributed by atoms with Gasteiger partial charge in [0.05, 0.1) is 0 Å². The maximum absolute atomic E-state index is 2.58. The first kappa shape index (κ1) is 18.1. The average molecular weight is 281 g/mol. The molecule has 0 N–H and O–H groups in total. The smallest absolute Gasteiger partial charge is 0.0269 e. The fraction of sp³-hybridized carbons (Fsp3) is 1.00. The third kappa shape index (κ3) is 3.25. The lowest BCUT2D eigenvalue weighted by molar-refractivity contribution is 0.0998. The highest BCUT2D eigenvalue weighted by Crippen LogP contribution is 2.67. The van der Waals surface area contributed by atoms with Gasteiger partial charge >= 0.3 is 0 Å². The van der Waals surface area contributed by atoms with E-state index in [0.29, 0.717) is 21.7 Å². The van der Waals surface area contributed by atoms with E-state index in [2.05, 4.69) is 55.4 Å². The van der Waals surface area contributed by atoms with Crippen LogP contribution in [0.2, 0.25) is 0 Å². The van der Waals surface area contributed by atoms with E-state index in [-0.39, 0.29) is 0 Å². The molecule has 2 unspecified atom stereocenters. The molecule has 1 rings (SSSR count). The predicted octanol–water partition coefficient (Wildman–Crippen LogP) is 7.23. The minimum atomic E-state index is 0.503. The van der Waals surface area contributed by atoms with Gasteiger partial charge in [0.1, 0.15) is 0 Å². The van der Waals surface area contributed by atoms with Gasteiger partial charge < -0.3 is 0 Å². The molecule has 120 valence electrons. The van der Waals surface area contributed by atoms with Gasteiger partial charge in [-0.1, -0.05) is 81.1 Å².